The van der Waals surface area contributed by atoms with Crippen molar-refractivity contribution in [3.63, 3.8) is 0 Å². The third kappa shape index (κ3) is 2.17. The standard InChI is InChI=1S/C13H8BrFS2/c14-13(8-1-3-9(15)4-2-8)12-7-11-10(17-12)5-6-16-11/h1-7,13H. The molecule has 0 fully saturated rings. The average Bonchev–Trinajstić information content (AvgIpc) is 2.89. The highest BCUT2D eigenvalue weighted by Crippen LogP contribution is 2.39. The Morgan fingerprint density at radius 3 is 2.53 bits per heavy atom. The van der Waals surface area contributed by atoms with Crippen LogP contribution in [0.15, 0.2) is 41.8 Å². The van der Waals surface area contributed by atoms with Gasteiger partial charge < -0.3 is 0 Å². The number of benzene rings is 1. The van der Waals surface area contributed by atoms with Crippen LogP contribution in [-0.2, 0) is 0 Å². The predicted molar refractivity (Wildman–Crippen MR) is 76.9 cm³/mol. The van der Waals surface area contributed by atoms with Gasteiger partial charge in [-0.25, -0.2) is 4.39 Å². The normalized spacial score (nSPS) is 13.1. The van der Waals surface area contributed by atoms with E-state index in [2.05, 4.69) is 33.4 Å². The van der Waals surface area contributed by atoms with Gasteiger partial charge in [0.05, 0.1) is 4.83 Å². The molecule has 1 aromatic carbocycles. The van der Waals surface area contributed by atoms with Gasteiger partial charge in [0.2, 0.25) is 0 Å². The van der Waals surface area contributed by atoms with Gasteiger partial charge in [-0.1, -0.05) is 28.1 Å². The zero-order valence-electron chi connectivity index (χ0n) is 8.69. The molecule has 0 spiro atoms. The summed E-state index contributed by atoms with van der Waals surface area (Å²) in [4.78, 5) is 1.41. The molecule has 0 aliphatic carbocycles. The molecular weight excluding hydrogens is 319 g/mol. The predicted octanol–water partition coefficient (Wildman–Crippen LogP) is 5.59. The third-order valence-corrected chi connectivity index (χ3v) is 6.05. The Kier molecular flexibility index (Phi) is 3.03. The maximum absolute atomic E-state index is 12.9. The molecule has 0 N–H and O–H groups in total. The van der Waals surface area contributed by atoms with Crippen molar-refractivity contribution in [2.24, 2.45) is 0 Å². The first kappa shape index (κ1) is 11.4. The highest BCUT2D eigenvalue weighted by Gasteiger charge is 2.14. The minimum absolute atomic E-state index is 0.146. The fourth-order valence-corrected chi connectivity index (χ4v) is 4.55. The molecule has 17 heavy (non-hydrogen) atoms. The van der Waals surface area contributed by atoms with E-state index in [0.29, 0.717) is 0 Å². The van der Waals surface area contributed by atoms with Crippen molar-refractivity contribution in [2.75, 3.05) is 0 Å². The molecule has 3 rings (SSSR count). The van der Waals surface area contributed by atoms with E-state index in [1.54, 1.807) is 22.7 Å². The number of fused-ring (bicyclic) bond motifs is 1. The number of rotatable bonds is 2. The largest absolute Gasteiger partial charge is 0.207 e. The SMILES string of the molecule is Fc1ccc(C(Br)c2cc3sccc3s2)cc1. The van der Waals surface area contributed by atoms with Crippen molar-refractivity contribution >= 4 is 48.0 Å². The second kappa shape index (κ2) is 4.52. The van der Waals surface area contributed by atoms with Crippen LogP contribution in [0, 0.1) is 5.82 Å². The quantitative estimate of drug-likeness (QED) is 0.539. The Labute approximate surface area is 115 Å². The highest BCUT2D eigenvalue weighted by atomic mass is 79.9. The van der Waals surface area contributed by atoms with Gasteiger partial charge in [0.1, 0.15) is 5.82 Å². The van der Waals surface area contributed by atoms with Gasteiger partial charge in [-0.2, -0.15) is 0 Å². The van der Waals surface area contributed by atoms with Crippen molar-refractivity contribution in [3.8, 4) is 0 Å². The summed E-state index contributed by atoms with van der Waals surface area (Å²) in [6.07, 6.45) is 0. The van der Waals surface area contributed by atoms with E-state index < -0.39 is 0 Å². The van der Waals surface area contributed by atoms with Crippen LogP contribution >= 0.6 is 38.6 Å². The molecule has 0 radical (unpaired) electrons. The van der Waals surface area contributed by atoms with Crippen LogP contribution in [0.3, 0.4) is 0 Å². The fourth-order valence-electron chi connectivity index (χ4n) is 1.71. The van der Waals surface area contributed by atoms with Gasteiger partial charge in [-0.15, -0.1) is 22.7 Å². The van der Waals surface area contributed by atoms with Crippen LogP contribution in [0.2, 0.25) is 0 Å². The Balaban J connectivity index is 1.98. The number of hydrogen-bond donors (Lipinski definition) is 0. The van der Waals surface area contributed by atoms with Crippen molar-refractivity contribution in [3.05, 3.63) is 58.0 Å². The Morgan fingerprint density at radius 2 is 1.82 bits per heavy atom. The first-order chi connectivity index (χ1) is 8.24. The first-order valence-electron chi connectivity index (χ1n) is 5.10. The fraction of sp³-hybridized carbons (Fsp3) is 0.0769. The molecule has 86 valence electrons. The van der Waals surface area contributed by atoms with Gasteiger partial charge in [0.15, 0.2) is 0 Å². The van der Waals surface area contributed by atoms with E-state index >= 15 is 0 Å². The Hall–Kier alpha value is -0.710. The molecule has 1 atom stereocenters. The zero-order valence-corrected chi connectivity index (χ0v) is 11.9. The van der Waals surface area contributed by atoms with Crippen molar-refractivity contribution in [2.45, 2.75) is 4.83 Å². The maximum Gasteiger partial charge on any atom is 0.123 e. The lowest BCUT2D eigenvalue weighted by atomic mass is 10.1. The molecule has 0 amide bonds. The Morgan fingerprint density at radius 1 is 1.06 bits per heavy atom. The van der Waals surface area contributed by atoms with Gasteiger partial charge >= 0.3 is 0 Å². The van der Waals surface area contributed by atoms with E-state index in [9.17, 15) is 4.39 Å². The molecule has 0 saturated carbocycles. The lowest BCUT2D eigenvalue weighted by molar-refractivity contribution is 0.627. The highest BCUT2D eigenvalue weighted by molar-refractivity contribution is 9.09. The van der Waals surface area contributed by atoms with Crippen molar-refractivity contribution in [1.82, 2.24) is 0 Å². The van der Waals surface area contributed by atoms with Crippen LogP contribution in [0.25, 0.3) is 9.40 Å². The van der Waals surface area contributed by atoms with E-state index in [0.717, 1.165) is 5.56 Å². The molecule has 2 heterocycles. The summed E-state index contributed by atoms with van der Waals surface area (Å²) in [6.45, 7) is 0. The zero-order chi connectivity index (χ0) is 11.8. The van der Waals surface area contributed by atoms with Gasteiger partial charge in [-0.05, 0) is 35.2 Å². The molecule has 2 aromatic heterocycles. The number of halogens is 2. The van der Waals surface area contributed by atoms with Gasteiger partial charge in [0.25, 0.3) is 0 Å². The topological polar surface area (TPSA) is 0 Å². The van der Waals surface area contributed by atoms with E-state index in [1.165, 1.54) is 26.4 Å². The Bertz CT molecular complexity index is 610. The lowest BCUT2D eigenvalue weighted by Gasteiger charge is -2.07. The van der Waals surface area contributed by atoms with Crippen LogP contribution in [0.5, 0.6) is 0 Å². The van der Waals surface area contributed by atoms with Gasteiger partial charge in [-0.3, -0.25) is 0 Å². The van der Waals surface area contributed by atoms with Crippen LogP contribution in [0.4, 0.5) is 4.39 Å². The van der Waals surface area contributed by atoms with Crippen molar-refractivity contribution in [1.29, 1.82) is 0 Å². The van der Waals surface area contributed by atoms with Crippen molar-refractivity contribution < 1.29 is 4.39 Å². The monoisotopic (exact) mass is 326 g/mol. The van der Waals surface area contributed by atoms with E-state index in [4.69, 9.17) is 0 Å². The second-order valence-corrected chi connectivity index (χ2v) is 6.69. The molecule has 0 bridgehead atoms. The molecule has 3 aromatic rings. The summed E-state index contributed by atoms with van der Waals surface area (Å²) in [5.74, 6) is -0.194. The minimum atomic E-state index is -0.194. The molecule has 0 aliphatic rings. The summed E-state index contributed by atoms with van der Waals surface area (Å²) >= 11 is 7.21. The molecule has 0 saturated heterocycles. The average molecular weight is 327 g/mol. The molecule has 0 aliphatic heterocycles. The smallest absolute Gasteiger partial charge is 0.123 e. The lowest BCUT2D eigenvalue weighted by Crippen LogP contribution is -1.89. The summed E-state index contributed by atoms with van der Waals surface area (Å²) < 4.78 is 15.5. The summed E-state index contributed by atoms with van der Waals surface area (Å²) in [5, 5.41) is 2.10. The third-order valence-electron chi connectivity index (χ3n) is 2.57. The van der Waals surface area contributed by atoms with E-state index in [1.807, 2.05) is 12.1 Å². The van der Waals surface area contributed by atoms with Crippen LogP contribution < -0.4 is 0 Å². The molecule has 1 unspecified atom stereocenters. The van der Waals surface area contributed by atoms with Crippen LogP contribution in [0.1, 0.15) is 15.3 Å². The molecule has 4 heteroatoms. The first-order valence-corrected chi connectivity index (χ1v) is 7.72. The summed E-state index contributed by atoms with van der Waals surface area (Å²) in [6, 6.07) is 11.0. The number of hydrogen-bond acceptors (Lipinski definition) is 2. The number of thiophene rings is 2. The second-order valence-electron chi connectivity index (χ2n) is 3.71. The molecular formula is C13H8BrFS2. The van der Waals surface area contributed by atoms with E-state index in [-0.39, 0.29) is 10.6 Å². The maximum atomic E-state index is 12.9. The minimum Gasteiger partial charge on any atom is -0.207 e. The summed E-state index contributed by atoms with van der Waals surface area (Å²) in [7, 11) is 0. The van der Waals surface area contributed by atoms with Gasteiger partial charge in [0, 0.05) is 14.3 Å². The number of alkyl halides is 1. The van der Waals surface area contributed by atoms with Crippen LogP contribution in [-0.4, -0.2) is 0 Å². The molecule has 0 nitrogen and oxygen atoms in total. The summed E-state index contributed by atoms with van der Waals surface area (Å²) in [5.41, 5.74) is 1.08.